The number of hydrogen-bond acceptors (Lipinski definition) is 0. The Morgan fingerprint density at radius 3 is 1.95 bits per heavy atom. The maximum Gasteiger partial charge on any atom is -0.0143 e. The quantitative estimate of drug-likeness (QED) is 0.485. The fraction of sp³-hybridized carbons (Fsp3) is 0.300. The molecule has 0 aromatic heterocycles. The van der Waals surface area contributed by atoms with E-state index in [1.54, 1.807) is 0 Å². The molecule has 3 aromatic carbocycles. The van der Waals surface area contributed by atoms with Crippen LogP contribution in [0.1, 0.15) is 44.6 Å². The normalized spacial score (nSPS) is 12.9. The van der Waals surface area contributed by atoms with E-state index < -0.39 is 0 Å². The summed E-state index contributed by atoms with van der Waals surface area (Å²) in [6.07, 6.45) is 3.85. The van der Waals surface area contributed by atoms with Crippen LogP contribution in [0.3, 0.4) is 0 Å². The van der Waals surface area contributed by atoms with Gasteiger partial charge in [-0.05, 0) is 45.5 Å². The van der Waals surface area contributed by atoms with Gasteiger partial charge < -0.3 is 0 Å². The van der Waals surface area contributed by atoms with Crippen molar-refractivity contribution in [2.45, 2.75) is 39.0 Å². The maximum absolute atomic E-state index is 2.38. The van der Waals surface area contributed by atoms with Crippen LogP contribution >= 0.6 is 0 Å². The monoisotopic (exact) mass is 262 g/mol. The predicted octanol–water partition coefficient (Wildman–Crippen LogP) is 6.29. The fourth-order valence-electron chi connectivity index (χ4n) is 3.23. The Morgan fingerprint density at radius 1 is 0.850 bits per heavy atom. The van der Waals surface area contributed by atoms with Crippen molar-refractivity contribution in [1.82, 2.24) is 0 Å². The first-order valence-electron chi connectivity index (χ1n) is 7.71. The predicted molar refractivity (Wildman–Crippen MR) is 89.4 cm³/mol. The first-order chi connectivity index (χ1) is 9.81. The zero-order chi connectivity index (χ0) is 13.9. The molecule has 0 heterocycles. The van der Waals surface area contributed by atoms with Crippen LogP contribution in [0.25, 0.3) is 21.5 Å². The molecule has 3 rings (SSSR count). The van der Waals surface area contributed by atoms with Crippen molar-refractivity contribution in [2.24, 2.45) is 0 Å². The Bertz CT molecular complexity index is 670. The van der Waals surface area contributed by atoms with Crippen LogP contribution in [-0.4, -0.2) is 0 Å². The molecule has 3 aromatic rings. The first-order valence-corrected chi connectivity index (χ1v) is 7.71. The third kappa shape index (κ3) is 2.31. The van der Waals surface area contributed by atoms with Crippen molar-refractivity contribution >= 4 is 21.5 Å². The maximum atomic E-state index is 2.38. The van der Waals surface area contributed by atoms with E-state index in [9.17, 15) is 0 Å². The third-order valence-corrected chi connectivity index (χ3v) is 4.30. The number of hydrogen-bond donors (Lipinski definition) is 0. The van der Waals surface area contributed by atoms with E-state index >= 15 is 0 Å². The number of fused-ring (bicyclic) bond motifs is 2. The molecule has 0 saturated heterocycles. The Labute approximate surface area is 121 Å². The molecule has 102 valence electrons. The van der Waals surface area contributed by atoms with Gasteiger partial charge in [0.1, 0.15) is 0 Å². The molecule has 0 aliphatic heterocycles. The second-order valence-corrected chi connectivity index (χ2v) is 5.78. The highest BCUT2D eigenvalue weighted by atomic mass is 14.2. The lowest BCUT2D eigenvalue weighted by molar-refractivity contribution is 0.630. The smallest absolute Gasteiger partial charge is 0.0143 e. The molecular weight excluding hydrogens is 240 g/mol. The largest absolute Gasteiger partial charge is 0.0654 e. The summed E-state index contributed by atoms with van der Waals surface area (Å²) in [5.41, 5.74) is 1.53. The summed E-state index contributed by atoms with van der Waals surface area (Å²) >= 11 is 0. The van der Waals surface area contributed by atoms with Crippen LogP contribution < -0.4 is 0 Å². The molecule has 0 heteroatoms. The van der Waals surface area contributed by atoms with Crippen molar-refractivity contribution in [1.29, 1.82) is 0 Å². The van der Waals surface area contributed by atoms with E-state index in [4.69, 9.17) is 0 Å². The van der Waals surface area contributed by atoms with Crippen molar-refractivity contribution in [3.05, 3.63) is 60.2 Å². The second kappa shape index (κ2) is 5.66. The van der Waals surface area contributed by atoms with Gasteiger partial charge in [-0.1, -0.05) is 75.2 Å². The van der Waals surface area contributed by atoms with Crippen LogP contribution in [0.2, 0.25) is 0 Å². The molecule has 0 radical (unpaired) electrons. The number of unbranched alkanes of at least 4 members (excludes halogenated alkanes) is 1. The highest BCUT2D eigenvalue weighted by Crippen LogP contribution is 2.35. The summed E-state index contributed by atoms with van der Waals surface area (Å²) in [4.78, 5) is 0. The Hall–Kier alpha value is -1.82. The summed E-state index contributed by atoms with van der Waals surface area (Å²) in [7, 11) is 0. The van der Waals surface area contributed by atoms with Gasteiger partial charge in [0.05, 0.1) is 0 Å². The lowest BCUT2D eigenvalue weighted by atomic mass is 9.87. The second-order valence-electron chi connectivity index (χ2n) is 5.78. The van der Waals surface area contributed by atoms with Gasteiger partial charge >= 0.3 is 0 Å². The molecule has 0 nitrogen and oxygen atoms in total. The van der Waals surface area contributed by atoms with Crippen molar-refractivity contribution < 1.29 is 0 Å². The van der Waals surface area contributed by atoms with Gasteiger partial charge in [-0.15, -0.1) is 0 Å². The molecule has 1 unspecified atom stereocenters. The van der Waals surface area contributed by atoms with Gasteiger partial charge in [0.2, 0.25) is 0 Å². The van der Waals surface area contributed by atoms with Gasteiger partial charge in [0.15, 0.2) is 0 Å². The Balaban J connectivity index is 2.27. The van der Waals surface area contributed by atoms with E-state index in [1.165, 1.54) is 46.4 Å². The van der Waals surface area contributed by atoms with E-state index in [1.807, 2.05) is 0 Å². The molecule has 0 spiro atoms. The summed E-state index contributed by atoms with van der Waals surface area (Å²) in [5, 5.41) is 5.58. The molecular formula is C20H22. The molecule has 0 N–H and O–H groups in total. The molecule has 20 heavy (non-hydrogen) atoms. The van der Waals surface area contributed by atoms with Crippen molar-refractivity contribution in [3.8, 4) is 0 Å². The van der Waals surface area contributed by atoms with E-state index in [-0.39, 0.29) is 0 Å². The molecule has 0 saturated carbocycles. The summed E-state index contributed by atoms with van der Waals surface area (Å²) < 4.78 is 0. The van der Waals surface area contributed by atoms with Gasteiger partial charge in [0, 0.05) is 0 Å². The average molecular weight is 262 g/mol. The molecule has 0 amide bonds. The summed E-state index contributed by atoms with van der Waals surface area (Å²) in [6, 6.07) is 19.9. The standard InChI is InChI=1S/C20H22/c1-3-4-9-15(2)20-18-12-7-5-10-16(18)14-17-11-6-8-13-19(17)20/h5-8,10-15H,3-4,9H2,1-2H3. The van der Waals surface area contributed by atoms with Crippen LogP contribution in [-0.2, 0) is 0 Å². The van der Waals surface area contributed by atoms with Gasteiger partial charge in [-0.3, -0.25) is 0 Å². The van der Waals surface area contributed by atoms with Gasteiger partial charge in [0.25, 0.3) is 0 Å². The lowest BCUT2D eigenvalue weighted by Crippen LogP contribution is -1.97. The molecule has 0 fully saturated rings. The number of benzene rings is 3. The Morgan fingerprint density at radius 2 is 1.40 bits per heavy atom. The topological polar surface area (TPSA) is 0 Å². The average Bonchev–Trinajstić information content (AvgIpc) is 2.50. The van der Waals surface area contributed by atoms with Crippen LogP contribution in [0, 0.1) is 0 Å². The Kier molecular flexibility index (Phi) is 3.73. The van der Waals surface area contributed by atoms with Crippen LogP contribution in [0.15, 0.2) is 54.6 Å². The summed E-state index contributed by atoms with van der Waals surface area (Å²) in [6.45, 7) is 4.65. The van der Waals surface area contributed by atoms with Crippen molar-refractivity contribution in [3.63, 3.8) is 0 Å². The first kappa shape index (κ1) is 13.2. The van der Waals surface area contributed by atoms with Crippen LogP contribution in [0.5, 0.6) is 0 Å². The van der Waals surface area contributed by atoms with Gasteiger partial charge in [-0.2, -0.15) is 0 Å². The highest BCUT2D eigenvalue weighted by Gasteiger charge is 2.13. The minimum atomic E-state index is 0.617. The van der Waals surface area contributed by atoms with Gasteiger partial charge in [-0.25, -0.2) is 0 Å². The lowest BCUT2D eigenvalue weighted by Gasteiger charge is -2.18. The SMILES string of the molecule is CCCCC(C)c1c2ccccc2cc2ccccc12. The zero-order valence-electron chi connectivity index (χ0n) is 12.4. The van der Waals surface area contributed by atoms with Crippen molar-refractivity contribution in [2.75, 3.05) is 0 Å². The molecule has 0 aliphatic rings. The van der Waals surface area contributed by atoms with E-state index in [0.717, 1.165) is 0 Å². The summed E-state index contributed by atoms with van der Waals surface area (Å²) in [5.74, 6) is 0.617. The zero-order valence-corrected chi connectivity index (χ0v) is 12.4. The van der Waals surface area contributed by atoms with E-state index in [0.29, 0.717) is 5.92 Å². The number of rotatable bonds is 4. The minimum absolute atomic E-state index is 0.617. The highest BCUT2D eigenvalue weighted by molar-refractivity contribution is 6.02. The molecule has 0 bridgehead atoms. The van der Waals surface area contributed by atoms with Crippen LogP contribution in [0.4, 0.5) is 0 Å². The third-order valence-electron chi connectivity index (χ3n) is 4.30. The molecule has 0 aliphatic carbocycles. The fourth-order valence-corrected chi connectivity index (χ4v) is 3.23. The minimum Gasteiger partial charge on any atom is -0.0654 e. The van der Waals surface area contributed by atoms with E-state index in [2.05, 4.69) is 68.4 Å². The molecule has 1 atom stereocenters.